The molecule has 1 rings (SSSR count). The minimum absolute atomic E-state index is 0.0144. The Balaban J connectivity index is 2.55. The van der Waals surface area contributed by atoms with Gasteiger partial charge in [0.25, 0.3) is 0 Å². The Morgan fingerprint density at radius 2 is 2.00 bits per heavy atom. The van der Waals surface area contributed by atoms with Crippen molar-refractivity contribution >= 4 is 5.91 Å². The SMILES string of the molecule is NNC(=O)CCCOc1ccccc1C(F)(F)F. The second kappa shape index (κ2) is 6.25. The van der Waals surface area contributed by atoms with Crippen LogP contribution >= 0.6 is 0 Å². The van der Waals surface area contributed by atoms with E-state index in [2.05, 4.69) is 0 Å². The number of benzene rings is 1. The summed E-state index contributed by atoms with van der Waals surface area (Å²) in [6.45, 7) is 0.0144. The largest absolute Gasteiger partial charge is 0.493 e. The molecule has 18 heavy (non-hydrogen) atoms. The molecule has 0 spiro atoms. The first-order valence-electron chi connectivity index (χ1n) is 5.23. The van der Waals surface area contributed by atoms with Crippen molar-refractivity contribution in [2.75, 3.05) is 6.61 Å². The van der Waals surface area contributed by atoms with Crippen LogP contribution in [0.4, 0.5) is 13.2 Å². The fourth-order valence-electron chi connectivity index (χ4n) is 1.31. The molecule has 0 atom stereocenters. The van der Waals surface area contributed by atoms with Crippen molar-refractivity contribution in [2.45, 2.75) is 19.0 Å². The highest BCUT2D eigenvalue weighted by Crippen LogP contribution is 2.35. The Morgan fingerprint density at radius 3 is 2.61 bits per heavy atom. The molecule has 1 aromatic rings. The molecule has 0 heterocycles. The number of nitrogens with two attached hydrogens (primary N) is 1. The molecule has 0 aliphatic rings. The highest BCUT2D eigenvalue weighted by atomic mass is 19.4. The van der Waals surface area contributed by atoms with Gasteiger partial charge in [-0.1, -0.05) is 12.1 Å². The van der Waals surface area contributed by atoms with E-state index in [-0.39, 0.29) is 31.1 Å². The summed E-state index contributed by atoms with van der Waals surface area (Å²) in [5.74, 6) is 4.23. The van der Waals surface area contributed by atoms with Crippen molar-refractivity contribution < 1.29 is 22.7 Å². The smallest absolute Gasteiger partial charge is 0.419 e. The molecule has 3 N–H and O–H groups in total. The number of halogens is 3. The molecule has 1 aromatic carbocycles. The number of carbonyl (C=O) groups is 1. The van der Waals surface area contributed by atoms with Crippen molar-refractivity contribution in [1.29, 1.82) is 0 Å². The van der Waals surface area contributed by atoms with Crippen molar-refractivity contribution in [3.05, 3.63) is 29.8 Å². The summed E-state index contributed by atoms with van der Waals surface area (Å²) in [7, 11) is 0. The highest BCUT2D eigenvalue weighted by Gasteiger charge is 2.33. The first-order chi connectivity index (χ1) is 8.45. The van der Waals surface area contributed by atoms with Crippen LogP contribution in [0.2, 0.25) is 0 Å². The summed E-state index contributed by atoms with van der Waals surface area (Å²) >= 11 is 0. The molecule has 1 amide bonds. The van der Waals surface area contributed by atoms with E-state index in [0.717, 1.165) is 6.07 Å². The van der Waals surface area contributed by atoms with Gasteiger partial charge < -0.3 is 4.74 Å². The van der Waals surface area contributed by atoms with Crippen LogP contribution in [0.15, 0.2) is 24.3 Å². The van der Waals surface area contributed by atoms with Crippen LogP contribution in [-0.4, -0.2) is 12.5 Å². The molecule has 100 valence electrons. The number of hydrogen-bond acceptors (Lipinski definition) is 3. The van der Waals surface area contributed by atoms with Crippen molar-refractivity contribution in [2.24, 2.45) is 5.84 Å². The quantitative estimate of drug-likeness (QED) is 0.368. The Hall–Kier alpha value is -1.76. The zero-order valence-corrected chi connectivity index (χ0v) is 9.46. The van der Waals surface area contributed by atoms with Crippen LogP contribution in [0.3, 0.4) is 0 Å². The maximum absolute atomic E-state index is 12.6. The van der Waals surface area contributed by atoms with E-state index in [1.54, 1.807) is 0 Å². The molecule has 0 aromatic heterocycles. The second-order valence-corrected chi connectivity index (χ2v) is 3.51. The van der Waals surface area contributed by atoms with Gasteiger partial charge in [0.1, 0.15) is 5.75 Å². The standard InChI is InChI=1S/C11H13F3N2O2/c12-11(13,14)8-4-1-2-5-9(8)18-7-3-6-10(17)16-15/h1-2,4-5H,3,6-7,15H2,(H,16,17). The van der Waals surface area contributed by atoms with E-state index >= 15 is 0 Å². The average Bonchev–Trinajstić information content (AvgIpc) is 2.33. The van der Waals surface area contributed by atoms with Gasteiger partial charge in [-0.3, -0.25) is 10.2 Å². The number of hydrogen-bond donors (Lipinski definition) is 2. The van der Waals surface area contributed by atoms with Gasteiger partial charge in [0.15, 0.2) is 0 Å². The van der Waals surface area contributed by atoms with Crippen LogP contribution in [0.25, 0.3) is 0 Å². The lowest BCUT2D eigenvalue weighted by molar-refractivity contribution is -0.139. The average molecular weight is 262 g/mol. The first-order valence-corrected chi connectivity index (χ1v) is 5.23. The molecule has 7 heteroatoms. The van der Waals surface area contributed by atoms with E-state index in [1.807, 2.05) is 5.43 Å². The number of carbonyl (C=O) groups excluding carboxylic acids is 1. The summed E-state index contributed by atoms with van der Waals surface area (Å²) in [6, 6.07) is 4.93. The molecular weight excluding hydrogens is 249 g/mol. The van der Waals surface area contributed by atoms with Gasteiger partial charge in [-0.15, -0.1) is 0 Å². The minimum atomic E-state index is -4.45. The van der Waals surface area contributed by atoms with Crippen molar-refractivity contribution in [3.8, 4) is 5.75 Å². The Bertz CT molecular complexity index is 408. The van der Waals surface area contributed by atoms with Gasteiger partial charge in [0.05, 0.1) is 12.2 Å². The third-order valence-electron chi connectivity index (χ3n) is 2.16. The van der Waals surface area contributed by atoms with Gasteiger partial charge in [-0.2, -0.15) is 13.2 Å². The van der Waals surface area contributed by atoms with Crippen LogP contribution < -0.4 is 16.0 Å². The van der Waals surface area contributed by atoms with Crippen molar-refractivity contribution in [1.82, 2.24) is 5.43 Å². The third kappa shape index (κ3) is 4.25. The van der Waals surface area contributed by atoms with Gasteiger partial charge >= 0.3 is 6.18 Å². The Kier molecular flexibility index (Phi) is 4.96. The second-order valence-electron chi connectivity index (χ2n) is 3.51. The molecule has 4 nitrogen and oxygen atoms in total. The Labute approximate surface area is 102 Å². The van der Waals surface area contributed by atoms with Gasteiger partial charge in [-0.05, 0) is 18.6 Å². The highest BCUT2D eigenvalue weighted by molar-refractivity contribution is 5.75. The third-order valence-corrected chi connectivity index (χ3v) is 2.16. The number of alkyl halides is 3. The summed E-state index contributed by atoms with van der Waals surface area (Å²) in [6.07, 6.45) is -4.06. The van der Waals surface area contributed by atoms with Crippen molar-refractivity contribution in [3.63, 3.8) is 0 Å². The molecule has 0 aliphatic carbocycles. The number of para-hydroxylation sites is 1. The molecule has 0 unspecified atom stereocenters. The molecule has 0 aliphatic heterocycles. The van der Waals surface area contributed by atoms with E-state index in [9.17, 15) is 18.0 Å². The number of amides is 1. The Morgan fingerprint density at radius 1 is 1.33 bits per heavy atom. The lowest BCUT2D eigenvalue weighted by Gasteiger charge is -2.13. The zero-order chi connectivity index (χ0) is 13.6. The number of nitrogens with one attached hydrogen (secondary N) is 1. The molecule has 0 bridgehead atoms. The summed E-state index contributed by atoms with van der Waals surface area (Å²) in [5, 5.41) is 0. The van der Waals surface area contributed by atoms with Crippen LogP contribution in [0.5, 0.6) is 5.75 Å². The number of ether oxygens (including phenoxy) is 1. The zero-order valence-electron chi connectivity index (χ0n) is 9.46. The maximum atomic E-state index is 12.6. The maximum Gasteiger partial charge on any atom is 0.419 e. The topological polar surface area (TPSA) is 64.3 Å². The van der Waals surface area contributed by atoms with Gasteiger partial charge in [0, 0.05) is 6.42 Å². The summed E-state index contributed by atoms with van der Waals surface area (Å²) < 4.78 is 42.8. The summed E-state index contributed by atoms with van der Waals surface area (Å²) in [4.78, 5) is 10.8. The summed E-state index contributed by atoms with van der Waals surface area (Å²) in [5.41, 5.74) is 1.10. The molecule has 0 radical (unpaired) electrons. The molecule has 0 saturated carbocycles. The molecular formula is C11H13F3N2O2. The van der Waals surface area contributed by atoms with Crippen LogP contribution in [-0.2, 0) is 11.0 Å². The van der Waals surface area contributed by atoms with Crippen LogP contribution in [0, 0.1) is 0 Å². The number of rotatable bonds is 5. The van der Waals surface area contributed by atoms with E-state index in [1.165, 1.54) is 18.2 Å². The first kappa shape index (κ1) is 14.3. The van der Waals surface area contributed by atoms with E-state index in [4.69, 9.17) is 10.6 Å². The van der Waals surface area contributed by atoms with E-state index < -0.39 is 11.7 Å². The molecule has 0 saturated heterocycles. The van der Waals surface area contributed by atoms with Crippen LogP contribution in [0.1, 0.15) is 18.4 Å². The predicted molar refractivity (Wildman–Crippen MR) is 58.5 cm³/mol. The monoisotopic (exact) mass is 262 g/mol. The fraction of sp³-hybridized carbons (Fsp3) is 0.364. The lowest BCUT2D eigenvalue weighted by atomic mass is 10.2. The molecule has 0 fully saturated rings. The normalized spacial score (nSPS) is 11.1. The van der Waals surface area contributed by atoms with Gasteiger partial charge in [0.2, 0.25) is 5.91 Å². The van der Waals surface area contributed by atoms with Gasteiger partial charge in [-0.25, -0.2) is 5.84 Å². The number of hydrazine groups is 1. The fourth-order valence-corrected chi connectivity index (χ4v) is 1.31. The minimum Gasteiger partial charge on any atom is -0.493 e. The van der Waals surface area contributed by atoms with E-state index in [0.29, 0.717) is 0 Å². The predicted octanol–water partition coefficient (Wildman–Crippen LogP) is 1.85. The lowest BCUT2D eigenvalue weighted by Crippen LogP contribution is -2.30.